The Morgan fingerprint density at radius 3 is 1.95 bits per heavy atom. The van der Waals surface area contributed by atoms with Crippen LogP contribution in [0.3, 0.4) is 0 Å². The lowest BCUT2D eigenvalue weighted by Gasteiger charge is -2.06. The maximum absolute atomic E-state index is 10.2. The molecule has 0 heterocycles. The predicted molar refractivity (Wildman–Crippen MR) is 73.9 cm³/mol. The van der Waals surface area contributed by atoms with Crippen LogP contribution in [-0.4, -0.2) is 75.9 Å². The SMILES string of the molecule is COCCOCCOCCOCCSCCC(=O)O. The lowest BCUT2D eigenvalue weighted by atomic mass is 10.5. The molecule has 0 aliphatic carbocycles. The molecule has 0 saturated carbocycles. The molecule has 0 amide bonds. The van der Waals surface area contributed by atoms with Crippen LogP contribution in [0.4, 0.5) is 0 Å². The molecule has 0 fully saturated rings. The van der Waals surface area contributed by atoms with E-state index in [4.69, 9.17) is 24.1 Å². The topological polar surface area (TPSA) is 74.2 Å². The molecule has 0 rings (SSSR count). The molecule has 0 atom stereocenters. The van der Waals surface area contributed by atoms with Gasteiger partial charge in [0, 0.05) is 18.6 Å². The van der Waals surface area contributed by atoms with Crippen molar-refractivity contribution in [1.82, 2.24) is 0 Å². The van der Waals surface area contributed by atoms with E-state index in [2.05, 4.69) is 0 Å². The average Bonchev–Trinajstić information content (AvgIpc) is 2.39. The second kappa shape index (κ2) is 15.7. The van der Waals surface area contributed by atoms with Gasteiger partial charge in [0.15, 0.2) is 0 Å². The molecule has 6 nitrogen and oxygen atoms in total. The van der Waals surface area contributed by atoms with Crippen LogP contribution in [0.2, 0.25) is 0 Å². The van der Waals surface area contributed by atoms with Gasteiger partial charge in [0.05, 0.1) is 52.7 Å². The number of thioether (sulfide) groups is 1. The van der Waals surface area contributed by atoms with Gasteiger partial charge in [0.25, 0.3) is 0 Å². The molecule has 0 aromatic rings. The first-order chi connectivity index (χ1) is 9.27. The number of rotatable bonds is 15. The highest BCUT2D eigenvalue weighted by molar-refractivity contribution is 7.99. The summed E-state index contributed by atoms with van der Waals surface area (Å²) in [6.45, 7) is 4.03. The molecule has 0 aromatic heterocycles. The first-order valence-corrected chi connectivity index (χ1v) is 7.44. The van der Waals surface area contributed by atoms with Crippen LogP contribution >= 0.6 is 11.8 Å². The van der Waals surface area contributed by atoms with E-state index < -0.39 is 5.97 Å². The fraction of sp³-hybridized carbons (Fsp3) is 0.917. The summed E-state index contributed by atoms with van der Waals surface area (Å²) < 4.78 is 20.7. The highest BCUT2D eigenvalue weighted by Crippen LogP contribution is 2.01. The third kappa shape index (κ3) is 17.7. The zero-order chi connectivity index (χ0) is 14.2. The van der Waals surface area contributed by atoms with Crippen molar-refractivity contribution in [3.05, 3.63) is 0 Å². The molecule has 0 spiro atoms. The van der Waals surface area contributed by atoms with Gasteiger partial charge < -0.3 is 24.1 Å². The summed E-state index contributed by atoms with van der Waals surface area (Å²) >= 11 is 1.58. The van der Waals surface area contributed by atoms with Crippen LogP contribution in [0.1, 0.15) is 6.42 Å². The normalized spacial score (nSPS) is 10.8. The van der Waals surface area contributed by atoms with Gasteiger partial charge in [-0.1, -0.05) is 0 Å². The minimum atomic E-state index is -0.755. The van der Waals surface area contributed by atoms with E-state index in [1.54, 1.807) is 18.9 Å². The summed E-state index contributed by atoms with van der Waals surface area (Å²) in [5, 5.41) is 8.43. The Morgan fingerprint density at radius 1 is 0.895 bits per heavy atom. The van der Waals surface area contributed by atoms with Gasteiger partial charge in [0.2, 0.25) is 0 Å². The minimum Gasteiger partial charge on any atom is -0.481 e. The molecule has 0 bridgehead atoms. The van der Waals surface area contributed by atoms with Crippen molar-refractivity contribution in [2.24, 2.45) is 0 Å². The predicted octanol–water partition coefficient (Wildman–Crippen LogP) is 0.890. The second-order valence-electron chi connectivity index (χ2n) is 3.59. The van der Waals surface area contributed by atoms with Crippen molar-refractivity contribution in [3.8, 4) is 0 Å². The number of methoxy groups -OCH3 is 1. The maximum atomic E-state index is 10.2. The van der Waals surface area contributed by atoms with Crippen LogP contribution in [0, 0.1) is 0 Å². The number of carboxylic acid groups (broad SMARTS) is 1. The summed E-state index contributed by atoms with van der Waals surface area (Å²) in [4.78, 5) is 10.2. The van der Waals surface area contributed by atoms with Crippen molar-refractivity contribution in [2.45, 2.75) is 6.42 Å². The lowest BCUT2D eigenvalue weighted by Crippen LogP contribution is -2.12. The molecular weight excluding hydrogens is 272 g/mol. The highest BCUT2D eigenvalue weighted by Gasteiger charge is 1.96. The van der Waals surface area contributed by atoms with Crippen molar-refractivity contribution < 1.29 is 28.8 Å². The Labute approximate surface area is 118 Å². The first kappa shape index (κ1) is 18.7. The Balaban J connectivity index is 2.93. The molecule has 7 heteroatoms. The fourth-order valence-electron chi connectivity index (χ4n) is 1.06. The molecule has 19 heavy (non-hydrogen) atoms. The summed E-state index contributed by atoms with van der Waals surface area (Å²) in [5.74, 6) is 0.691. The monoisotopic (exact) mass is 296 g/mol. The largest absolute Gasteiger partial charge is 0.481 e. The number of aliphatic carboxylic acids is 1. The van der Waals surface area contributed by atoms with E-state index in [0.717, 1.165) is 5.75 Å². The van der Waals surface area contributed by atoms with Crippen LogP contribution in [0.15, 0.2) is 0 Å². The molecule has 1 N–H and O–H groups in total. The van der Waals surface area contributed by atoms with E-state index in [0.29, 0.717) is 52.0 Å². The van der Waals surface area contributed by atoms with E-state index in [1.165, 1.54) is 0 Å². The zero-order valence-electron chi connectivity index (χ0n) is 11.5. The summed E-state index contributed by atoms with van der Waals surface area (Å²) in [5.41, 5.74) is 0. The highest BCUT2D eigenvalue weighted by atomic mass is 32.2. The fourth-order valence-corrected chi connectivity index (χ4v) is 1.82. The van der Waals surface area contributed by atoms with Gasteiger partial charge in [-0.15, -0.1) is 0 Å². The van der Waals surface area contributed by atoms with Gasteiger partial charge >= 0.3 is 5.97 Å². The molecular formula is C12H24O6S. The minimum absolute atomic E-state index is 0.205. The van der Waals surface area contributed by atoms with Gasteiger partial charge in [-0.25, -0.2) is 0 Å². The van der Waals surface area contributed by atoms with Crippen LogP contribution in [-0.2, 0) is 23.7 Å². The Bertz CT molecular complexity index is 203. The number of ether oxygens (including phenoxy) is 4. The van der Waals surface area contributed by atoms with Crippen molar-refractivity contribution in [2.75, 3.05) is 64.9 Å². The maximum Gasteiger partial charge on any atom is 0.304 e. The molecule has 0 aromatic carbocycles. The molecule has 0 saturated heterocycles. The standard InChI is InChI=1S/C12H24O6S/c1-15-3-4-16-5-6-17-7-8-18-9-11-19-10-2-12(13)14/h2-11H2,1H3,(H,13,14). The van der Waals surface area contributed by atoms with Gasteiger partial charge in [-0.05, 0) is 0 Å². The second-order valence-corrected chi connectivity index (χ2v) is 4.81. The average molecular weight is 296 g/mol. The molecule has 0 aliphatic rings. The van der Waals surface area contributed by atoms with Crippen molar-refractivity contribution >= 4 is 17.7 Å². The quantitative estimate of drug-likeness (QED) is 0.450. The van der Waals surface area contributed by atoms with Gasteiger partial charge in [-0.2, -0.15) is 11.8 Å². The van der Waals surface area contributed by atoms with Crippen molar-refractivity contribution in [3.63, 3.8) is 0 Å². The Morgan fingerprint density at radius 2 is 1.42 bits per heavy atom. The van der Waals surface area contributed by atoms with Gasteiger partial charge in [0.1, 0.15) is 0 Å². The molecule has 0 radical (unpaired) electrons. The lowest BCUT2D eigenvalue weighted by molar-refractivity contribution is -0.136. The van der Waals surface area contributed by atoms with E-state index in [-0.39, 0.29) is 6.42 Å². The Kier molecular flexibility index (Phi) is 15.4. The van der Waals surface area contributed by atoms with E-state index in [9.17, 15) is 4.79 Å². The first-order valence-electron chi connectivity index (χ1n) is 6.29. The van der Waals surface area contributed by atoms with Crippen LogP contribution in [0.25, 0.3) is 0 Å². The number of hydrogen-bond donors (Lipinski definition) is 1. The third-order valence-corrected chi connectivity index (χ3v) is 2.96. The number of hydrogen-bond acceptors (Lipinski definition) is 6. The third-order valence-electron chi connectivity index (χ3n) is 2.01. The van der Waals surface area contributed by atoms with Crippen LogP contribution in [0.5, 0.6) is 0 Å². The van der Waals surface area contributed by atoms with E-state index >= 15 is 0 Å². The zero-order valence-corrected chi connectivity index (χ0v) is 12.3. The van der Waals surface area contributed by atoms with E-state index in [1.807, 2.05) is 0 Å². The van der Waals surface area contributed by atoms with Crippen LogP contribution < -0.4 is 0 Å². The molecule has 0 aliphatic heterocycles. The number of carboxylic acids is 1. The number of carbonyl (C=O) groups is 1. The smallest absolute Gasteiger partial charge is 0.304 e. The summed E-state index contributed by atoms with van der Waals surface area (Å²) in [6, 6.07) is 0. The van der Waals surface area contributed by atoms with Gasteiger partial charge in [-0.3, -0.25) is 4.79 Å². The van der Waals surface area contributed by atoms with Crippen molar-refractivity contribution in [1.29, 1.82) is 0 Å². The molecule has 0 unspecified atom stereocenters. The Hall–Kier alpha value is -0.340. The summed E-state index contributed by atoms with van der Waals surface area (Å²) in [7, 11) is 1.64. The molecule has 114 valence electrons. The summed E-state index contributed by atoms with van der Waals surface area (Å²) in [6.07, 6.45) is 0.205.